The zero-order chi connectivity index (χ0) is 14.2. The Labute approximate surface area is 108 Å². The van der Waals surface area contributed by atoms with Crippen LogP contribution in [0.1, 0.15) is 12.0 Å². The molecule has 8 heteroatoms. The largest absolute Gasteiger partial charge is 0.480 e. The summed E-state index contributed by atoms with van der Waals surface area (Å²) in [4.78, 5) is 26.6. The highest BCUT2D eigenvalue weighted by atomic mass is 16.6. The Kier molecular flexibility index (Phi) is 3.34. The van der Waals surface area contributed by atoms with Gasteiger partial charge in [-0.25, -0.2) is 9.78 Å². The zero-order valence-electron chi connectivity index (χ0n) is 10.2. The molecule has 2 atom stereocenters. The van der Waals surface area contributed by atoms with Crippen molar-refractivity contribution in [3.8, 4) is 0 Å². The Balaban J connectivity index is 2.34. The summed E-state index contributed by atoms with van der Waals surface area (Å²) in [6.07, 6.45) is 0.486. The molecule has 0 saturated carbocycles. The summed E-state index contributed by atoms with van der Waals surface area (Å²) in [6.45, 7) is 1.72. The van der Waals surface area contributed by atoms with Gasteiger partial charge in [0.05, 0.1) is 11.0 Å². The van der Waals surface area contributed by atoms with Crippen LogP contribution in [0.5, 0.6) is 0 Å². The van der Waals surface area contributed by atoms with E-state index in [4.69, 9.17) is 5.11 Å². The van der Waals surface area contributed by atoms with Crippen molar-refractivity contribution in [1.29, 1.82) is 0 Å². The molecule has 0 aromatic carbocycles. The van der Waals surface area contributed by atoms with Crippen LogP contribution < -0.4 is 4.90 Å². The van der Waals surface area contributed by atoms with Crippen LogP contribution in [0.3, 0.4) is 0 Å². The molecule has 0 amide bonds. The van der Waals surface area contributed by atoms with Crippen LogP contribution in [0, 0.1) is 17.0 Å². The third-order valence-corrected chi connectivity index (χ3v) is 3.12. The van der Waals surface area contributed by atoms with E-state index in [0.717, 1.165) is 6.20 Å². The summed E-state index contributed by atoms with van der Waals surface area (Å²) < 4.78 is 0. The van der Waals surface area contributed by atoms with Gasteiger partial charge >= 0.3 is 5.97 Å². The van der Waals surface area contributed by atoms with Crippen LogP contribution in [-0.2, 0) is 4.79 Å². The number of carboxylic acid groups (broad SMARTS) is 1. The first-order valence-electron chi connectivity index (χ1n) is 5.68. The van der Waals surface area contributed by atoms with Crippen molar-refractivity contribution in [1.82, 2.24) is 4.98 Å². The van der Waals surface area contributed by atoms with Gasteiger partial charge in [0, 0.05) is 18.5 Å². The lowest BCUT2D eigenvalue weighted by Crippen LogP contribution is -2.36. The number of aliphatic carboxylic acids is 1. The molecule has 1 aromatic heterocycles. The number of rotatable bonds is 3. The molecule has 1 aliphatic heterocycles. The number of carbonyl (C=O) groups is 1. The van der Waals surface area contributed by atoms with Gasteiger partial charge in [-0.1, -0.05) is 0 Å². The SMILES string of the molecule is Cc1cc(N2CC(O)CC2C(=O)O)ncc1[N+](=O)[O-]. The van der Waals surface area contributed by atoms with Gasteiger partial charge in [-0.15, -0.1) is 0 Å². The molecule has 2 unspecified atom stereocenters. The lowest BCUT2D eigenvalue weighted by molar-refractivity contribution is -0.385. The quantitative estimate of drug-likeness (QED) is 0.598. The van der Waals surface area contributed by atoms with Crippen LogP contribution in [0.25, 0.3) is 0 Å². The first-order chi connectivity index (χ1) is 8.90. The number of anilines is 1. The van der Waals surface area contributed by atoms with Crippen molar-refractivity contribution in [3.63, 3.8) is 0 Å². The summed E-state index contributed by atoms with van der Waals surface area (Å²) in [5.41, 5.74) is 0.288. The molecule has 0 spiro atoms. The standard InChI is InChI=1S/C11H13N3O5/c1-6-2-10(12-4-9(6)14(18)19)13-5-7(15)3-8(13)11(16)17/h2,4,7-8,15H,3,5H2,1H3,(H,16,17). The van der Waals surface area contributed by atoms with Gasteiger partial charge in [0.25, 0.3) is 5.69 Å². The van der Waals surface area contributed by atoms with E-state index in [1.807, 2.05) is 0 Å². The van der Waals surface area contributed by atoms with Crippen molar-refractivity contribution >= 4 is 17.5 Å². The van der Waals surface area contributed by atoms with Gasteiger partial charge in [-0.2, -0.15) is 0 Å². The molecule has 102 valence electrons. The average Bonchev–Trinajstić information content (AvgIpc) is 2.70. The second kappa shape index (κ2) is 4.81. The molecular formula is C11H13N3O5. The highest BCUT2D eigenvalue weighted by molar-refractivity contribution is 5.78. The molecule has 0 bridgehead atoms. The maximum Gasteiger partial charge on any atom is 0.326 e. The number of carboxylic acids is 1. The fourth-order valence-corrected chi connectivity index (χ4v) is 2.18. The van der Waals surface area contributed by atoms with E-state index >= 15 is 0 Å². The monoisotopic (exact) mass is 267 g/mol. The molecular weight excluding hydrogens is 254 g/mol. The number of hydrogen-bond acceptors (Lipinski definition) is 6. The molecule has 8 nitrogen and oxygen atoms in total. The summed E-state index contributed by atoms with van der Waals surface area (Å²) in [7, 11) is 0. The average molecular weight is 267 g/mol. The van der Waals surface area contributed by atoms with Crippen LogP contribution in [0.2, 0.25) is 0 Å². The van der Waals surface area contributed by atoms with Gasteiger partial charge in [-0.3, -0.25) is 10.1 Å². The number of pyridine rings is 1. The third kappa shape index (κ3) is 2.48. The second-order valence-corrected chi connectivity index (χ2v) is 4.48. The minimum atomic E-state index is -1.05. The summed E-state index contributed by atoms with van der Waals surface area (Å²) in [5, 5.41) is 29.3. The number of hydrogen-bond donors (Lipinski definition) is 2. The van der Waals surface area contributed by atoms with Crippen molar-refractivity contribution in [2.45, 2.75) is 25.5 Å². The van der Waals surface area contributed by atoms with E-state index in [1.165, 1.54) is 11.0 Å². The van der Waals surface area contributed by atoms with Crippen molar-refractivity contribution in [2.75, 3.05) is 11.4 Å². The predicted molar refractivity (Wildman–Crippen MR) is 65.0 cm³/mol. The third-order valence-electron chi connectivity index (χ3n) is 3.12. The second-order valence-electron chi connectivity index (χ2n) is 4.48. The number of aliphatic hydroxyl groups excluding tert-OH is 1. The Bertz CT molecular complexity index is 533. The minimum absolute atomic E-state index is 0.115. The first-order valence-corrected chi connectivity index (χ1v) is 5.68. The highest BCUT2D eigenvalue weighted by Gasteiger charge is 2.37. The summed E-state index contributed by atoms with van der Waals surface area (Å²) >= 11 is 0. The molecule has 0 radical (unpaired) electrons. The molecule has 1 fully saturated rings. The molecule has 0 aliphatic carbocycles. The normalized spacial score (nSPS) is 22.5. The number of aromatic nitrogens is 1. The number of aliphatic hydroxyl groups is 1. The van der Waals surface area contributed by atoms with Crippen molar-refractivity contribution < 1.29 is 19.9 Å². The Morgan fingerprint density at radius 3 is 2.84 bits per heavy atom. The lowest BCUT2D eigenvalue weighted by atomic mass is 10.2. The molecule has 1 aliphatic rings. The highest BCUT2D eigenvalue weighted by Crippen LogP contribution is 2.27. The fourth-order valence-electron chi connectivity index (χ4n) is 2.18. The Morgan fingerprint density at radius 1 is 1.63 bits per heavy atom. The van der Waals surface area contributed by atoms with Gasteiger partial charge in [-0.05, 0) is 13.0 Å². The van der Waals surface area contributed by atoms with Gasteiger partial charge in [0.1, 0.15) is 18.1 Å². The zero-order valence-corrected chi connectivity index (χ0v) is 10.2. The molecule has 2 heterocycles. The topological polar surface area (TPSA) is 117 Å². The van der Waals surface area contributed by atoms with E-state index < -0.39 is 23.0 Å². The van der Waals surface area contributed by atoms with Crippen LogP contribution in [0.4, 0.5) is 11.5 Å². The first kappa shape index (κ1) is 13.2. The molecule has 1 aromatic rings. The van der Waals surface area contributed by atoms with Crippen molar-refractivity contribution in [2.24, 2.45) is 0 Å². The van der Waals surface area contributed by atoms with Gasteiger partial charge < -0.3 is 15.1 Å². The van der Waals surface area contributed by atoms with E-state index in [0.29, 0.717) is 11.4 Å². The smallest absolute Gasteiger partial charge is 0.326 e. The van der Waals surface area contributed by atoms with E-state index in [2.05, 4.69) is 4.98 Å². The maximum atomic E-state index is 11.1. The van der Waals surface area contributed by atoms with Crippen LogP contribution >= 0.6 is 0 Å². The number of nitro groups is 1. The summed E-state index contributed by atoms with van der Waals surface area (Å²) in [6, 6.07) is 0.606. The number of nitrogens with zero attached hydrogens (tertiary/aromatic N) is 3. The van der Waals surface area contributed by atoms with Crippen LogP contribution in [0.15, 0.2) is 12.3 Å². The molecule has 19 heavy (non-hydrogen) atoms. The number of β-amino-alcohol motifs (C(OH)–C–C–N with tert-alkyl or cyclic N) is 1. The molecule has 1 saturated heterocycles. The van der Waals surface area contributed by atoms with E-state index in [9.17, 15) is 20.0 Å². The van der Waals surface area contributed by atoms with E-state index in [-0.39, 0.29) is 18.7 Å². The molecule has 2 rings (SSSR count). The minimum Gasteiger partial charge on any atom is -0.480 e. The van der Waals surface area contributed by atoms with Gasteiger partial charge in [0.2, 0.25) is 0 Å². The Hall–Kier alpha value is -2.22. The van der Waals surface area contributed by atoms with E-state index in [1.54, 1.807) is 6.92 Å². The fraction of sp³-hybridized carbons (Fsp3) is 0.455. The number of aryl methyl sites for hydroxylation is 1. The lowest BCUT2D eigenvalue weighted by Gasteiger charge is -2.22. The van der Waals surface area contributed by atoms with Crippen LogP contribution in [-0.4, -0.2) is 44.8 Å². The van der Waals surface area contributed by atoms with Gasteiger partial charge in [0.15, 0.2) is 0 Å². The maximum absolute atomic E-state index is 11.1. The molecule has 2 N–H and O–H groups in total. The summed E-state index contributed by atoms with van der Waals surface area (Å²) in [5.74, 6) is -0.721. The van der Waals surface area contributed by atoms with Crippen molar-refractivity contribution in [3.05, 3.63) is 27.9 Å². The predicted octanol–water partition coefficient (Wildman–Crippen LogP) is 0.322. The Morgan fingerprint density at radius 2 is 2.32 bits per heavy atom.